The van der Waals surface area contributed by atoms with E-state index in [-0.39, 0.29) is 22.8 Å². The van der Waals surface area contributed by atoms with Gasteiger partial charge in [-0.05, 0) is 37.0 Å². The summed E-state index contributed by atoms with van der Waals surface area (Å²) in [4.78, 5) is 12.4. The third-order valence-electron chi connectivity index (χ3n) is 4.14. The molecule has 1 aliphatic rings. The topological polar surface area (TPSA) is 38.3 Å². The fourth-order valence-electron chi connectivity index (χ4n) is 3.05. The van der Waals surface area contributed by atoms with Crippen molar-refractivity contribution in [3.63, 3.8) is 0 Å². The maximum absolute atomic E-state index is 13.7. The second kappa shape index (κ2) is 6.65. The largest absolute Gasteiger partial charge is 0.494 e. The molecule has 2 atom stereocenters. The first-order valence-electron chi connectivity index (χ1n) is 7.22. The van der Waals surface area contributed by atoms with Crippen molar-refractivity contribution in [1.82, 2.24) is 5.32 Å². The summed E-state index contributed by atoms with van der Waals surface area (Å²) < 4.78 is 18.6. The Morgan fingerprint density at radius 2 is 2.33 bits per heavy atom. The van der Waals surface area contributed by atoms with Crippen LogP contribution in [-0.4, -0.2) is 24.4 Å². The maximum Gasteiger partial charge on any atom is 0.251 e. The molecular formula is C16H21ClFNO2. The van der Waals surface area contributed by atoms with E-state index in [1.807, 2.05) is 0 Å². The van der Waals surface area contributed by atoms with Gasteiger partial charge in [-0.25, -0.2) is 4.39 Å². The molecule has 21 heavy (non-hydrogen) atoms. The molecule has 0 saturated heterocycles. The Hall–Kier alpha value is -1.29. The van der Waals surface area contributed by atoms with Crippen LogP contribution in [0.5, 0.6) is 5.75 Å². The van der Waals surface area contributed by atoms with Gasteiger partial charge in [-0.1, -0.05) is 19.8 Å². The number of ether oxygens (including phenoxy) is 1. The summed E-state index contributed by atoms with van der Waals surface area (Å²) >= 11 is 6.10. The molecule has 2 unspecified atom stereocenters. The molecule has 0 aliphatic heterocycles. The third-order valence-corrected chi connectivity index (χ3v) is 4.65. The first kappa shape index (κ1) is 16.1. The second-order valence-electron chi connectivity index (χ2n) is 5.92. The van der Waals surface area contributed by atoms with Crippen LogP contribution in [0.2, 0.25) is 0 Å². The molecule has 0 spiro atoms. The predicted molar refractivity (Wildman–Crippen MR) is 81.5 cm³/mol. The van der Waals surface area contributed by atoms with E-state index in [1.54, 1.807) is 6.07 Å². The molecule has 3 nitrogen and oxygen atoms in total. The summed E-state index contributed by atoms with van der Waals surface area (Å²) in [7, 11) is 1.39. The van der Waals surface area contributed by atoms with Crippen LogP contribution >= 0.6 is 11.6 Å². The molecule has 1 fully saturated rings. The van der Waals surface area contributed by atoms with Gasteiger partial charge in [0.05, 0.1) is 12.6 Å². The Labute approximate surface area is 129 Å². The Kier molecular flexibility index (Phi) is 5.09. The number of benzene rings is 1. The normalized spacial score (nSPS) is 25.4. The zero-order valence-electron chi connectivity index (χ0n) is 12.4. The highest BCUT2D eigenvalue weighted by atomic mass is 35.5. The molecule has 1 amide bonds. The second-order valence-corrected chi connectivity index (χ2v) is 6.19. The van der Waals surface area contributed by atoms with Gasteiger partial charge in [-0.2, -0.15) is 0 Å². The van der Waals surface area contributed by atoms with E-state index in [0.29, 0.717) is 11.8 Å². The van der Waals surface area contributed by atoms with Crippen LogP contribution in [0.25, 0.3) is 0 Å². The zero-order chi connectivity index (χ0) is 15.5. The summed E-state index contributed by atoms with van der Waals surface area (Å²) in [6.07, 6.45) is 3.93. The first-order chi connectivity index (χ1) is 9.99. The average Bonchev–Trinajstić information content (AvgIpc) is 2.47. The number of methoxy groups -OCH3 is 1. The first-order valence-corrected chi connectivity index (χ1v) is 7.75. The zero-order valence-corrected chi connectivity index (χ0v) is 13.2. The molecule has 1 aliphatic carbocycles. The number of hydrogen-bond donors (Lipinski definition) is 1. The number of carbonyl (C=O) groups excluding carboxylic acids is 1. The molecule has 0 radical (unpaired) electrons. The monoisotopic (exact) mass is 313 g/mol. The van der Waals surface area contributed by atoms with Gasteiger partial charge in [-0.3, -0.25) is 4.79 Å². The molecule has 0 bridgehead atoms. The summed E-state index contributed by atoms with van der Waals surface area (Å²) in [5, 5.41) is 3.02. The van der Waals surface area contributed by atoms with Gasteiger partial charge in [0.15, 0.2) is 11.6 Å². The fourth-order valence-corrected chi connectivity index (χ4v) is 3.36. The SMILES string of the molecule is COc1ccc(C(=O)NC2(CCl)CCCC(C)C2)cc1F. The minimum atomic E-state index is -0.540. The van der Waals surface area contributed by atoms with Crippen LogP contribution in [0.15, 0.2) is 18.2 Å². The van der Waals surface area contributed by atoms with E-state index < -0.39 is 5.82 Å². The summed E-state index contributed by atoms with van der Waals surface area (Å²) in [6, 6.07) is 4.22. The summed E-state index contributed by atoms with van der Waals surface area (Å²) in [6.45, 7) is 2.17. The van der Waals surface area contributed by atoms with Crippen molar-refractivity contribution in [2.24, 2.45) is 5.92 Å². The fraction of sp³-hybridized carbons (Fsp3) is 0.562. The Bertz CT molecular complexity index is 523. The van der Waals surface area contributed by atoms with Crippen molar-refractivity contribution < 1.29 is 13.9 Å². The number of carbonyl (C=O) groups is 1. The third kappa shape index (κ3) is 3.67. The van der Waals surface area contributed by atoms with E-state index in [4.69, 9.17) is 16.3 Å². The summed E-state index contributed by atoms with van der Waals surface area (Å²) in [5.41, 5.74) is -0.0943. The van der Waals surface area contributed by atoms with E-state index >= 15 is 0 Å². The lowest BCUT2D eigenvalue weighted by Crippen LogP contribution is -2.52. The van der Waals surface area contributed by atoms with Crippen molar-refractivity contribution >= 4 is 17.5 Å². The lowest BCUT2D eigenvalue weighted by atomic mass is 9.77. The highest BCUT2D eigenvalue weighted by Gasteiger charge is 2.35. The minimum Gasteiger partial charge on any atom is -0.494 e. The quantitative estimate of drug-likeness (QED) is 0.860. The van der Waals surface area contributed by atoms with Crippen LogP contribution in [0.4, 0.5) is 4.39 Å². The van der Waals surface area contributed by atoms with Crippen LogP contribution < -0.4 is 10.1 Å². The lowest BCUT2D eigenvalue weighted by Gasteiger charge is -2.39. The molecule has 2 rings (SSSR count). The van der Waals surface area contributed by atoms with Crippen LogP contribution in [0, 0.1) is 11.7 Å². The van der Waals surface area contributed by atoms with Crippen molar-refractivity contribution in [2.45, 2.75) is 38.1 Å². The van der Waals surface area contributed by atoms with E-state index in [0.717, 1.165) is 25.7 Å². The Morgan fingerprint density at radius 1 is 1.57 bits per heavy atom. The highest BCUT2D eigenvalue weighted by molar-refractivity contribution is 6.19. The highest BCUT2D eigenvalue weighted by Crippen LogP contribution is 2.33. The number of alkyl halides is 1. The van der Waals surface area contributed by atoms with Crippen molar-refractivity contribution in [1.29, 1.82) is 0 Å². The molecule has 1 aromatic rings. The minimum absolute atomic E-state index is 0.130. The molecular weight excluding hydrogens is 293 g/mol. The molecule has 116 valence electrons. The van der Waals surface area contributed by atoms with E-state index in [9.17, 15) is 9.18 Å². The molecule has 0 aromatic heterocycles. The van der Waals surface area contributed by atoms with Crippen molar-refractivity contribution in [2.75, 3.05) is 13.0 Å². The number of amides is 1. The lowest BCUT2D eigenvalue weighted by molar-refractivity contribution is 0.0867. The van der Waals surface area contributed by atoms with Gasteiger partial charge in [0.25, 0.3) is 5.91 Å². The van der Waals surface area contributed by atoms with E-state index in [2.05, 4.69) is 12.2 Å². The number of rotatable bonds is 4. The molecule has 1 N–H and O–H groups in total. The summed E-state index contributed by atoms with van der Waals surface area (Å²) in [5.74, 6) is 0.213. The van der Waals surface area contributed by atoms with Crippen LogP contribution in [-0.2, 0) is 0 Å². The van der Waals surface area contributed by atoms with Gasteiger partial charge < -0.3 is 10.1 Å². The number of nitrogens with one attached hydrogen (secondary N) is 1. The Balaban J connectivity index is 2.14. The van der Waals surface area contributed by atoms with Gasteiger partial charge in [0, 0.05) is 11.4 Å². The van der Waals surface area contributed by atoms with Gasteiger partial charge in [0.2, 0.25) is 0 Å². The van der Waals surface area contributed by atoms with Gasteiger partial charge >= 0.3 is 0 Å². The molecule has 1 saturated carbocycles. The maximum atomic E-state index is 13.7. The number of halogens is 2. The van der Waals surface area contributed by atoms with Gasteiger partial charge in [0.1, 0.15) is 0 Å². The molecule has 5 heteroatoms. The molecule has 1 aromatic carbocycles. The predicted octanol–water partition coefficient (Wildman–Crippen LogP) is 3.75. The average molecular weight is 314 g/mol. The smallest absolute Gasteiger partial charge is 0.251 e. The van der Waals surface area contributed by atoms with Crippen molar-refractivity contribution in [3.8, 4) is 5.75 Å². The van der Waals surface area contributed by atoms with Crippen molar-refractivity contribution in [3.05, 3.63) is 29.6 Å². The van der Waals surface area contributed by atoms with Gasteiger partial charge in [-0.15, -0.1) is 11.6 Å². The number of hydrogen-bond acceptors (Lipinski definition) is 2. The Morgan fingerprint density at radius 3 is 2.90 bits per heavy atom. The molecule has 0 heterocycles. The van der Waals surface area contributed by atoms with E-state index in [1.165, 1.54) is 19.2 Å². The van der Waals surface area contributed by atoms with Crippen LogP contribution in [0.3, 0.4) is 0 Å². The standard InChI is InChI=1S/C16H21ClFNO2/c1-11-4-3-7-16(9-11,10-17)19-15(20)12-5-6-14(21-2)13(18)8-12/h5-6,8,11H,3-4,7,9-10H2,1-2H3,(H,19,20). The van der Waals surface area contributed by atoms with Crippen LogP contribution in [0.1, 0.15) is 43.0 Å².